The number of nitro groups is 1. The molecule has 21 heavy (non-hydrogen) atoms. The van der Waals surface area contributed by atoms with Gasteiger partial charge in [0, 0.05) is 43.3 Å². The second-order valence-electron chi connectivity index (χ2n) is 5.52. The number of ether oxygens (including phenoxy) is 1. The Morgan fingerprint density at radius 2 is 2.00 bits per heavy atom. The second kappa shape index (κ2) is 7.49. The van der Waals surface area contributed by atoms with Crippen molar-refractivity contribution in [1.29, 1.82) is 0 Å². The van der Waals surface area contributed by atoms with E-state index in [-0.39, 0.29) is 22.7 Å². The van der Waals surface area contributed by atoms with Crippen LogP contribution in [0.3, 0.4) is 0 Å². The normalized spacial score (nSPS) is 19.1. The summed E-state index contributed by atoms with van der Waals surface area (Å²) in [6.07, 6.45) is 0. The summed E-state index contributed by atoms with van der Waals surface area (Å²) < 4.78 is 5.34. The van der Waals surface area contributed by atoms with Crippen LogP contribution in [-0.2, 0) is 4.74 Å². The van der Waals surface area contributed by atoms with Crippen molar-refractivity contribution in [2.45, 2.75) is 25.9 Å². The monoisotopic (exact) mass is 293 g/mol. The first-order valence-corrected chi connectivity index (χ1v) is 7.37. The third-order valence-corrected chi connectivity index (χ3v) is 3.77. The summed E-state index contributed by atoms with van der Waals surface area (Å²) >= 11 is 0. The van der Waals surface area contributed by atoms with Gasteiger partial charge in [0.25, 0.3) is 5.69 Å². The summed E-state index contributed by atoms with van der Waals surface area (Å²) in [6.45, 7) is 8.48. The molecule has 2 unspecified atom stereocenters. The van der Waals surface area contributed by atoms with Gasteiger partial charge < -0.3 is 10.1 Å². The molecule has 0 spiro atoms. The minimum absolute atomic E-state index is 0.0531. The van der Waals surface area contributed by atoms with E-state index in [1.54, 1.807) is 12.1 Å². The smallest absolute Gasteiger partial charge is 0.274 e. The fourth-order valence-corrected chi connectivity index (χ4v) is 2.76. The van der Waals surface area contributed by atoms with Crippen LogP contribution in [0.2, 0.25) is 0 Å². The van der Waals surface area contributed by atoms with E-state index in [1.807, 2.05) is 19.1 Å². The molecular weight excluding hydrogens is 270 g/mol. The molecule has 6 heteroatoms. The first-order valence-electron chi connectivity index (χ1n) is 7.37. The highest BCUT2D eigenvalue weighted by Gasteiger charge is 2.20. The zero-order valence-corrected chi connectivity index (χ0v) is 12.6. The predicted octanol–water partition coefficient (Wildman–Crippen LogP) is 1.97. The Morgan fingerprint density at radius 1 is 1.33 bits per heavy atom. The van der Waals surface area contributed by atoms with Gasteiger partial charge in [-0.2, -0.15) is 0 Å². The van der Waals surface area contributed by atoms with Crippen LogP contribution in [0.5, 0.6) is 0 Å². The van der Waals surface area contributed by atoms with Crippen molar-refractivity contribution in [1.82, 2.24) is 10.2 Å². The number of benzene rings is 1. The maximum Gasteiger partial charge on any atom is 0.274 e. The molecule has 2 atom stereocenters. The Morgan fingerprint density at radius 3 is 2.67 bits per heavy atom. The van der Waals surface area contributed by atoms with Gasteiger partial charge in [0.05, 0.1) is 18.1 Å². The molecule has 1 saturated heterocycles. The number of para-hydroxylation sites is 1. The predicted molar refractivity (Wildman–Crippen MR) is 81.4 cm³/mol. The molecule has 0 aliphatic carbocycles. The molecule has 0 radical (unpaired) electrons. The fraction of sp³-hybridized carbons (Fsp3) is 0.600. The topological polar surface area (TPSA) is 67.6 Å². The Kier molecular flexibility index (Phi) is 5.67. The summed E-state index contributed by atoms with van der Waals surface area (Å²) in [4.78, 5) is 13.1. The van der Waals surface area contributed by atoms with Gasteiger partial charge in [0.1, 0.15) is 0 Å². The Bertz CT molecular complexity index is 475. The lowest BCUT2D eigenvalue weighted by atomic mass is 10.1. The third-order valence-electron chi connectivity index (χ3n) is 3.77. The van der Waals surface area contributed by atoms with E-state index in [4.69, 9.17) is 4.74 Å². The maximum absolute atomic E-state index is 11.1. The van der Waals surface area contributed by atoms with E-state index in [2.05, 4.69) is 17.1 Å². The van der Waals surface area contributed by atoms with Gasteiger partial charge in [-0.1, -0.05) is 18.2 Å². The van der Waals surface area contributed by atoms with Crippen molar-refractivity contribution in [2.75, 3.05) is 32.8 Å². The summed E-state index contributed by atoms with van der Waals surface area (Å²) in [5.74, 6) is 0. The van der Waals surface area contributed by atoms with Gasteiger partial charge >= 0.3 is 0 Å². The molecule has 0 amide bonds. The minimum atomic E-state index is -0.319. The molecule has 6 nitrogen and oxygen atoms in total. The van der Waals surface area contributed by atoms with Crippen molar-refractivity contribution in [3.63, 3.8) is 0 Å². The number of hydrogen-bond acceptors (Lipinski definition) is 5. The first kappa shape index (κ1) is 15.9. The highest BCUT2D eigenvalue weighted by atomic mass is 16.6. The molecular formula is C15H23N3O3. The van der Waals surface area contributed by atoms with Crippen LogP contribution in [0.25, 0.3) is 0 Å². The first-order chi connectivity index (χ1) is 10.1. The number of rotatable bonds is 6. The molecule has 1 aromatic rings. The van der Waals surface area contributed by atoms with Gasteiger partial charge in [-0.05, 0) is 13.8 Å². The quantitative estimate of drug-likeness (QED) is 0.641. The van der Waals surface area contributed by atoms with Crippen LogP contribution in [-0.4, -0.2) is 48.7 Å². The molecule has 1 aromatic carbocycles. The highest BCUT2D eigenvalue weighted by Crippen LogP contribution is 2.24. The van der Waals surface area contributed by atoms with Gasteiger partial charge in [0.15, 0.2) is 0 Å². The fourth-order valence-electron chi connectivity index (χ4n) is 2.76. The zero-order chi connectivity index (χ0) is 15.2. The largest absolute Gasteiger partial charge is 0.379 e. The molecule has 1 aliphatic rings. The number of hydrogen-bond donors (Lipinski definition) is 1. The van der Waals surface area contributed by atoms with Gasteiger partial charge in [-0.3, -0.25) is 15.0 Å². The molecule has 1 aliphatic heterocycles. The molecule has 2 rings (SSSR count). The average molecular weight is 293 g/mol. The maximum atomic E-state index is 11.1. The second-order valence-corrected chi connectivity index (χ2v) is 5.52. The summed E-state index contributed by atoms with van der Waals surface area (Å²) in [5.41, 5.74) is 0.910. The summed E-state index contributed by atoms with van der Waals surface area (Å²) in [7, 11) is 0. The van der Waals surface area contributed by atoms with E-state index >= 15 is 0 Å². The van der Waals surface area contributed by atoms with Gasteiger partial charge in [0.2, 0.25) is 0 Å². The minimum Gasteiger partial charge on any atom is -0.379 e. The van der Waals surface area contributed by atoms with Crippen molar-refractivity contribution in [3.05, 3.63) is 39.9 Å². The summed E-state index contributed by atoms with van der Waals surface area (Å²) in [5, 5.41) is 14.5. The van der Waals surface area contributed by atoms with Crippen LogP contribution >= 0.6 is 0 Å². The lowest BCUT2D eigenvalue weighted by Crippen LogP contribution is -2.45. The molecule has 0 saturated carbocycles. The lowest BCUT2D eigenvalue weighted by molar-refractivity contribution is -0.385. The number of morpholine rings is 1. The van der Waals surface area contributed by atoms with E-state index in [1.165, 1.54) is 0 Å². The standard InChI is InChI=1S/C15H23N3O3/c1-12(11-17-7-9-21-10-8-17)16-13(2)14-5-3-4-6-15(14)18(19)20/h3-6,12-13,16H,7-11H2,1-2H3. The van der Waals surface area contributed by atoms with Gasteiger partial charge in [-0.15, -0.1) is 0 Å². The van der Waals surface area contributed by atoms with Crippen LogP contribution in [0, 0.1) is 10.1 Å². The number of nitrogens with one attached hydrogen (secondary N) is 1. The van der Waals surface area contributed by atoms with Crippen molar-refractivity contribution in [3.8, 4) is 0 Å². The highest BCUT2D eigenvalue weighted by molar-refractivity contribution is 5.41. The van der Waals surface area contributed by atoms with Crippen molar-refractivity contribution >= 4 is 5.69 Å². The van der Waals surface area contributed by atoms with E-state index < -0.39 is 0 Å². The zero-order valence-electron chi connectivity index (χ0n) is 12.6. The van der Waals surface area contributed by atoms with E-state index in [9.17, 15) is 10.1 Å². The van der Waals surface area contributed by atoms with Crippen molar-refractivity contribution < 1.29 is 9.66 Å². The summed E-state index contributed by atoms with van der Waals surface area (Å²) in [6, 6.07) is 7.12. The van der Waals surface area contributed by atoms with Crippen molar-refractivity contribution in [2.24, 2.45) is 0 Å². The molecule has 1 N–H and O–H groups in total. The molecule has 116 valence electrons. The molecule has 1 heterocycles. The number of nitrogens with zero attached hydrogens (tertiary/aromatic N) is 2. The van der Waals surface area contributed by atoms with Crippen LogP contribution < -0.4 is 5.32 Å². The lowest BCUT2D eigenvalue weighted by Gasteiger charge is -2.30. The molecule has 0 aromatic heterocycles. The van der Waals surface area contributed by atoms with Gasteiger partial charge in [-0.25, -0.2) is 0 Å². The molecule has 1 fully saturated rings. The van der Waals surface area contributed by atoms with E-state index in [0.29, 0.717) is 0 Å². The molecule has 0 bridgehead atoms. The Hall–Kier alpha value is -1.50. The number of nitro benzene ring substituents is 1. The van der Waals surface area contributed by atoms with Crippen LogP contribution in [0.15, 0.2) is 24.3 Å². The Balaban J connectivity index is 1.94. The van der Waals surface area contributed by atoms with Crippen LogP contribution in [0.1, 0.15) is 25.5 Å². The third kappa shape index (κ3) is 4.49. The SMILES string of the molecule is CC(CN1CCOCC1)NC(C)c1ccccc1[N+](=O)[O-]. The average Bonchev–Trinajstić information content (AvgIpc) is 2.48. The Labute approximate surface area is 125 Å². The van der Waals surface area contributed by atoms with Crippen LogP contribution in [0.4, 0.5) is 5.69 Å². The van der Waals surface area contributed by atoms with E-state index in [0.717, 1.165) is 38.4 Å².